The van der Waals surface area contributed by atoms with Crippen molar-refractivity contribution in [2.45, 2.75) is 6.92 Å². The molecule has 1 aromatic heterocycles. The van der Waals surface area contributed by atoms with Gasteiger partial charge in [-0.05, 0) is 36.6 Å². The van der Waals surface area contributed by atoms with Crippen molar-refractivity contribution in [1.29, 1.82) is 0 Å². The smallest absolute Gasteiger partial charge is 0.258 e. The molecule has 1 aromatic carbocycles. The number of carbonyl (C=O) groups excluding carboxylic acids is 1. The maximum atomic E-state index is 12.2. The molecule has 1 heterocycles. The van der Waals surface area contributed by atoms with Crippen molar-refractivity contribution >= 4 is 23.3 Å². The highest BCUT2D eigenvalue weighted by molar-refractivity contribution is 6.35. The second-order valence-corrected chi connectivity index (χ2v) is 4.64. The predicted molar refractivity (Wildman–Crippen MR) is 82.3 cm³/mol. The second kappa shape index (κ2) is 6.89. The molecule has 0 saturated carbocycles. The molecule has 1 amide bonds. The molecule has 2 N–H and O–H groups in total. The van der Waals surface area contributed by atoms with Crippen LogP contribution in [0.3, 0.4) is 0 Å². The monoisotopic (exact) mass is 300 g/mol. The summed E-state index contributed by atoms with van der Waals surface area (Å²) < 4.78 is 0. The molecule has 0 aliphatic heterocycles. The number of halogens is 1. The quantitative estimate of drug-likeness (QED) is 0.838. The zero-order chi connectivity index (χ0) is 15.2. The van der Waals surface area contributed by atoms with E-state index in [4.69, 9.17) is 16.7 Å². The fourth-order valence-corrected chi connectivity index (χ4v) is 1.92. The summed E-state index contributed by atoms with van der Waals surface area (Å²) in [7, 11) is 0. The Hall–Kier alpha value is -2.35. The molecule has 4 nitrogen and oxygen atoms in total. The van der Waals surface area contributed by atoms with E-state index in [1.807, 2.05) is 13.0 Å². The van der Waals surface area contributed by atoms with E-state index in [9.17, 15) is 4.79 Å². The molecular formula is C16H13ClN2O2. The van der Waals surface area contributed by atoms with E-state index in [0.717, 1.165) is 5.56 Å². The molecule has 21 heavy (non-hydrogen) atoms. The van der Waals surface area contributed by atoms with Crippen molar-refractivity contribution in [3.63, 3.8) is 0 Å². The largest absolute Gasteiger partial charge is 0.384 e. The van der Waals surface area contributed by atoms with Crippen LogP contribution in [0.4, 0.5) is 5.82 Å². The van der Waals surface area contributed by atoms with Gasteiger partial charge in [0.15, 0.2) is 0 Å². The highest BCUT2D eigenvalue weighted by atomic mass is 35.5. The van der Waals surface area contributed by atoms with E-state index in [0.29, 0.717) is 22.1 Å². The lowest BCUT2D eigenvalue weighted by Gasteiger charge is -2.07. The summed E-state index contributed by atoms with van der Waals surface area (Å²) >= 11 is 6.12. The maximum Gasteiger partial charge on any atom is 0.258 e. The predicted octanol–water partition coefficient (Wildman–Crippen LogP) is 2.64. The number of pyridine rings is 1. The number of anilines is 1. The van der Waals surface area contributed by atoms with Crippen molar-refractivity contribution in [3.8, 4) is 11.8 Å². The standard InChI is InChI=1S/C16H13ClN2O2/c1-11-5-2-8-13(15(11)17)16(21)19-14-9-3-6-12(18-14)7-4-10-20/h2-3,5-6,8-9,20H,10H2,1H3,(H,18,19,21). The van der Waals surface area contributed by atoms with Gasteiger partial charge in [-0.25, -0.2) is 4.98 Å². The Bertz CT molecular complexity index is 733. The van der Waals surface area contributed by atoms with Crippen LogP contribution in [0, 0.1) is 18.8 Å². The minimum Gasteiger partial charge on any atom is -0.384 e. The molecule has 0 aliphatic carbocycles. The van der Waals surface area contributed by atoms with E-state index in [1.54, 1.807) is 30.3 Å². The van der Waals surface area contributed by atoms with Gasteiger partial charge in [-0.15, -0.1) is 0 Å². The van der Waals surface area contributed by atoms with Crippen LogP contribution in [0.25, 0.3) is 0 Å². The maximum absolute atomic E-state index is 12.2. The van der Waals surface area contributed by atoms with Gasteiger partial charge in [-0.1, -0.05) is 35.7 Å². The van der Waals surface area contributed by atoms with Gasteiger partial charge in [-0.2, -0.15) is 0 Å². The van der Waals surface area contributed by atoms with Crippen LogP contribution in [-0.2, 0) is 0 Å². The van der Waals surface area contributed by atoms with Crippen molar-refractivity contribution in [3.05, 3.63) is 58.2 Å². The lowest BCUT2D eigenvalue weighted by molar-refractivity contribution is 0.102. The summed E-state index contributed by atoms with van der Waals surface area (Å²) in [6, 6.07) is 10.3. The first-order chi connectivity index (χ1) is 10.1. The average Bonchev–Trinajstić information content (AvgIpc) is 2.48. The topological polar surface area (TPSA) is 62.2 Å². The zero-order valence-corrected chi connectivity index (χ0v) is 12.1. The Morgan fingerprint density at radius 3 is 2.86 bits per heavy atom. The second-order valence-electron chi connectivity index (χ2n) is 4.26. The van der Waals surface area contributed by atoms with Crippen LogP contribution in [0.5, 0.6) is 0 Å². The minimum atomic E-state index is -0.330. The van der Waals surface area contributed by atoms with E-state index < -0.39 is 0 Å². The highest BCUT2D eigenvalue weighted by Gasteiger charge is 2.12. The fraction of sp³-hybridized carbons (Fsp3) is 0.125. The number of aliphatic hydroxyl groups excluding tert-OH is 1. The van der Waals surface area contributed by atoms with Crippen LogP contribution < -0.4 is 5.32 Å². The number of rotatable bonds is 2. The van der Waals surface area contributed by atoms with Gasteiger partial charge in [0.25, 0.3) is 5.91 Å². The molecule has 0 unspecified atom stereocenters. The average molecular weight is 301 g/mol. The summed E-state index contributed by atoms with van der Waals surface area (Å²) in [5.74, 6) is 5.23. The van der Waals surface area contributed by atoms with E-state index in [1.165, 1.54) is 0 Å². The van der Waals surface area contributed by atoms with Gasteiger partial charge >= 0.3 is 0 Å². The van der Waals surface area contributed by atoms with Gasteiger partial charge in [-0.3, -0.25) is 4.79 Å². The van der Waals surface area contributed by atoms with E-state index >= 15 is 0 Å². The third kappa shape index (κ3) is 3.82. The van der Waals surface area contributed by atoms with Gasteiger partial charge in [0.2, 0.25) is 0 Å². The van der Waals surface area contributed by atoms with Gasteiger partial charge < -0.3 is 10.4 Å². The first-order valence-corrected chi connectivity index (χ1v) is 6.63. The van der Waals surface area contributed by atoms with Crippen molar-refractivity contribution in [2.75, 3.05) is 11.9 Å². The Labute approximate surface area is 127 Å². The number of nitrogens with zero attached hydrogens (tertiary/aromatic N) is 1. The van der Waals surface area contributed by atoms with Gasteiger partial charge in [0, 0.05) is 0 Å². The van der Waals surface area contributed by atoms with Gasteiger partial charge in [0.05, 0.1) is 10.6 Å². The molecule has 0 bridgehead atoms. The van der Waals surface area contributed by atoms with Crippen LogP contribution in [-0.4, -0.2) is 22.6 Å². The summed E-state index contributed by atoms with van der Waals surface area (Å²) in [5, 5.41) is 11.8. The minimum absolute atomic E-state index is 0.239. The molecule has 2 rings (SSSR count). The summed E-state index contributed by atoms with van der Waals surface area (Å²) in [6.07, 6.45) is 0. The van der Waals surface area contributed by atoms with Crippen LogP contribution >= 0.6 is 11.6 Å². The number of aromatic nitrogens is 1. The number of hydrogen-bond donors (Lipinski definition) is 2. The van der Waals surface area contributed by atoms with Gasteiger partial charge in [0.1, 0.15) is 18.1 Å². The first-order valence-electron chi connectivity index (χ1n) is 6.25. The first kappa shape index (κ1) is 15.0. The van der Waals surface area contributed by atoms with Crippen molar-refractivity contribution in [1.82, 2.24) is 4.98 Å². The lowest BCUT2D eigenvalue weighted by Crippen LogP contribution is -2.14. The number of carbonyl (C=O) groups is 1. The summed E-state index contributed by atoms with van der Waals surface area (Å²) in [4.78, 5) is 16.4. The highest BCUT2D eigenvalue weighted by Crippen LogP contribution is 2.21. The molecule has 0 atom stereocenters. The number of aryl methyl sites for hydroxylation is 1. The summed E-state index contributed by atoms with van der Waals surface area (Å²) in [6.45, 7) is 1.60. The number of hydrogen-bond acceptors (Lipinski definition) is 3. The molecule has 0 radical (unpaired) electrons. The van der Waals surface area contributed by atoms with Crippen LogP contribution in [0.1, 0.15) is 21.6 Å². The molecule has 106 valence electrons. The Kier molecular flexibility index (Phi) is 4.94. The normalized spacial score (nSPS) is 9.67. The van der Waals surface area contributed by atoms with E-state index in [-0.39, 0.29) is 12.5 Å². The Balaban J connectivity index is 2.22. The third-order valence-corrected chi connectivity index (χ3v) is 3.22. The number of nitrogens with one attached hydrogen (secondary N) is 1. The molecular weight excluding hydrogens is 288 g/mol. The number of amides is 1. The Morgan fingerprint density at radius 1 is 1.33 bits per heavy atom. The van der Waals surface area contributed by atoms with Crippen molar-refractivity contribution in [2.24, 2.45) is 0 Å². The van der Waals surface area contributed by atoms with Crippen molar-refractivity contribution < 1.29 is 9.90 Å². The molecule has 0 aliphatic rings. The molecule has 0 spiro atoms. The van der Waals surface area contributed by atoms with E-state index in [2.05, 4.69) is 22.1 Å². The molecule has 0 saturated heterocycles. The summed E-state index contributed by atoms with van der Waals surface area (Å²) in [5.41, 5.74) is 1.70. The van der Waals surface area contributed by atoms with Crippen LogP contribution in [0.15, 0.2) is 36.4 Å². The molecule has 2 aromatic rings. The number of aliphatic hydroxyl groups is 1. The van der Waals surface area contributed by atoms with Crippen LogP contribution in [0.2, 0.25) is 5.02 Å². The zero-order valence-electron chi connectivity index (χ0n) is 11.4. The lowest BCUT2D eigenvalue weighted by atomic mass is 10.1. The number of benzene rings is 1. The molecule has 0 fully saturated rings. The molecule has 5 heteroatoms. The Morgan fingerprint density at radius 2 is 2.10 bits per heavy atom. The fourth-order valence-electron chi connectivity index (χ4n) is 1.71. The third-order valence-electron chi connectivity index (χ3n) is 2.72. The SMILES string of the molecule is Cc1cccc(C(=O)Nc2cccc(C#CCO)n2)c1Cl.